The van der Waals surface area contributed by atoms with Crippen molar-refractivity contribution in [2.24, 2.45) is 0 Å². The molecule has 0 saturated heterocycles. The van der Waals surface area contributed by atoms with Crippen LogP contribution in [0.1, 0.15) is 18.1 Å². The van der Waals surface area contributed by atoms with E-state index in [1.807, 2.05) is 30.3 Å². The minimum atomic E-state index is -0.929. The molecule has 2 aromatic carbocycles. The molecule has 1 unspecified atom stereocenters. The van der Waals surface area contributed by atoms with Gasteiger partial charge in [-0.25, -0.2) is 4.39 Å². The smallest absolute Gasteiger partial charge is 0.244 e. The number of ether oxygens (including phenoxy) is 1. The van der Waals surface area contributed by atoms with E-state index in [9.17, 15) is 9.18 Å². The molecule has 23 heavy (non-hydrogen) atoms. The van der Waals surface area contributed by atoms with Gasteiger partial charge in [-0.15, -0.1) is 0 Å². The maximum absolute atomic E-state index is 14.0. The monoisotopic (exact) mass is 313 g/mol. The highest BCUT2D eigenvalue weighted by atomic mass is 19.1. The Hall–Kier alpha value is -2.46. The lowest BCUT2D eigenvalue weighted by atomic mass is 9.95. The van der Waals surface area contributed by atoms with E-state index in [2.05, 4.69) is 5.32 Å². The minimum Gasteiger partial charge on any atom is -0.372 e. The Labute approximate surface area is 135 Å². The Morgan fingerprint density at radius 2 is 1.83 bits per heavy atom. The largest absolute Gasteiger partial charge is 0.372 e. The van der Waals surface area contributed by atoms with E-state index in [-0.39, 0.29) is 18.3 Å². The molecule has 0 bridgehead atoms. The number of hydrogen-bond donors (Lipinski definition) is 1. The van der Waals surface area contributed by atoms with Crippen molar-refractivity contribution in [2.75, 3.05) is 13.7 Å². The van der Waals surface area contributed by atoms with Crippen molar-refractivity contribution in [3.8, 4) is 0 Å². The predicted molar refractivity (Wildman–Crippen MR) is 89.2 cm³/mol. The van der Waals surface area contributed by atoms with Crippen LogP contribution in [0, 0.1) is 5.82 Å². The number of rotatable bonds is 6. The summed E-state index contributed by atoms with van der Waals surface area (Å²) in [5.74, 6) is -0.612. The first-order chi connectivity index (χ1) is 11.0. The van der Waals surface area contributed by atoms with Gasteiger partial charge in [0.2, 0.25) is 5.91 Å². The van der Waals surface area contributed by atoms with Gasteiger partial charge in [-0.3, -0.25) is 4.79 Å². The van der Waals surface area contributed by atoms with Crippen LogP contribution in [0.2, 0.25) is 0 Å². The summed E-state index contributed by atoms with van der Waals surface area (Å²) < 4.78 is 19.4. The lowest BCUT2D eigenvalue weighted by Gasteiger charge is -2.29. The molecule has 2 rings (SSSR count). The number of methoxy groups -OCH3 is 1. The van der Waals surface area contributed by atoms with Crippen LogP contribution < -0.4 is 5.32 Å². The molecule has 0 fully saturated rings. The zero-order chi connectivity index (χ0) is 16.7. The van der Waals surface area contributed by atoms with Crippen LogP contribution in [-0.2, 0) is 15.1 Å². The van der Waals surface area contributed by atoms with Crippen LogP contribution >= 0.6 is 0 Å². The first-order valence-corrected chi connectivity index (χ1v) is 7.36. The van der Waals surface area contributed by atoms with Gasteiger partial charge < -0.3 is 10.1 Å². The SMILES string of the molecule is COC(C)(CNC(=O)/C=C/c1ccccc1)c1ccccc1F. The third-order valence-electron chi connectivity index (χ3n) is 3.72. The van der Waals surface area contributed by atoms with Crippen molar-refractivity contribution in [3.63, 3.8) is 0 Å². The van der Waals surface area contributed by atoms with Crippen LogP contribution in [0.15, 0.2) is 60.7 Å². The van der Waals surface area contributed by atoms with Crippen LogP contribution in [0.25, 0.3) is 6.08 Å². The van der Waals surface area contributed by atoms with Crippen LogP contribution in [0.5, 0.6) is 0 Å². The van der Waals surface area contributed by atoms with Crippen molar-refractivity contribution < 1.29 is 13.9 Å². The molecule has 1 N–H and O–H groups in total. The lowest BCUT2D eigenvalue weighted by molar-refractivity contribution is -0.118. The molecule has 3 nitrogen and oxygen atoms in total. The molecule has 0 radical (unpaired) electrons. The van der Waals surface area contributed by atoms with Gasteiger partial charge in [0.05, 0.1) is 6.54 Å². The molecule has 120 valence electrons. The fourth-order valence-electron chi connectivity index (χ4n) is 2.22. The summed E-state index contributed by atoms with van der Waals surface area (Å²) in [5.41, 5.74) is 0.419. The summed E-state index contributed by atoms with van der Waals surface area (Å²) in [5, 5.41) is 2.75. The number of carbonyl (C=O) groups is 1. The highest BCUT2D eigenvalue weighted by molar-refractivity contribution is 5.91. The summed E-state index contributed by atoms with van der Waals surface area (Å²) in [4.78, 5) is 11.9. The number of halogens is 1. The van der Waals surface area contributed by atoms with Gasteiger partial charge in [-0.05, 0) is 24.6 Å². The highest BCUT2D eigenvalue weighted by Gasteiger charge is 2.29. The lowest BCUT2D eigenvalue weighted by Crippen LogP contribution is -2.40. The Balaban J connectivity index is 2.01. The molecule has 0 heterocycles. The van der Waals surface area contributed by atoms with Crippen LogP contribution in [-0.4, -0.2) is 19.6 Å². The highest BCUT2D eigenvalue weighted by Crippen LogP contribution is 2.26. The zero-order valence-electron chi connectivity index (χ0n) is 13.3. The Morgan fingerprint density at radius 3 is 2.48 bits per heavy atom. The van der Waals surface area contributed by atoms with E-state index in [1.165, 1.54) is 19.3 Å². The predicted octanol–water partition coefficient (Wildman–Crippen LogP) is 3.52. The van der Waals surface area contributed by atoms with Gasteiger partial charge in [0.15, 0.2) is 0 Å². The van der Waals surface area contributed by atoms with Crippen molar-refractivity contribution >= 4 is 12.0 Å². The van der Waals surface area contributed by atoms with Crippen LogP contribution in [0.4, 0.5) is 4.39 Å². The van der Waals surface area contributed by atoms with Gasteiger partial charge in [0.1, 0.15) is 11.4 Å². The molecule has 0 aliphatic carbocycles. The molecular weight excluding hydrogens is 293 g/mol. The standard InChI is InChI=1S/C19H20FNO2/c1-19(23-2,16-10-6-7-11-17(16)20)14-21-18(22)13-12-15-8-4-3-5-9-15/h3-13H,14H2,1-2H3,(H,21,22)/b13-12+. The summed E-state index contributed by atoms with van der Waals surface area (Å²) in [6, 6.07) is 15.9. The maximum atomic E-state index is 14.0. The third kappa shape index (κ3) is 4.50. The molecule has 1 amide bonds. The molecule has 0 spiro atoms. The van der Waals surface area contributed by atoms with Crippen LogP contribution in [0.3, 0.4) is 0 Å². The quantitative estimate of drug-likeness (QED) is 0.829. The van der Waals surface area contributed by atoms with Crippen molar-refractivity contribution in [1.29, 1.82) is 0 Å². The Bertz CT molecular complexity index is 685. The van der Waals surface area contributed by atoms with E-state index in [0.29, 0.717) is 5.56 Å². The average Bonchev–Trinajstić information content (AvgIpc) is 2.59. The molecule has 2 aromatic rings. The van der Waals surface area contributed by atoms with Crippen molar-refractivity contribution in [3.05, 3.63) is 77.6 Å². The summed E-state index contributed by atoms with van der Waals surface area (Å²) in [7, 11) is 1.50. The van der Waals surface area contributed by atoms with E-state index in [4.69, 9.17) is 4.74 Å². The van der Waals surface area contributed by atoms with Gasteiger partial charge in [-0.1, -0.05) is 48.5 Å². The molecule has 0 aliphatic rings. The number of benzene rings is 2. The van der Waals surface area contributed by atoms with Crippen molar-refractivity contribution in [1.82, 2.24) is 5.32 Å². The number of hydrogen-bond acceptors (Lipinski definition) is 2. The number of carbonyl (C=O) groups excluding carboxylic acids is 1. The fourth-order valence-corrected chi connectivity index (χ4v) is 2.22. The Kier molecular flexibility index (Phi) is 5.66. The summed E-state index contributed by atoms with van der Waals surface area (Å²) in [6.45, 7) is 1.91. The average molecular weight is 313 g/mol. The maximum Gasteiger partial charge on any atom is 0.244 e. The zero-order valence-corrected chi connectivity index (χ0v) is 13.3. The van der Waals surface area contributed by atoms with Gasteiger partial charge in [0.25, 0.3) is 0 Å². The van der Waals surface area contributed by atoms with Gasteiger partial charge in [0, 0.05) is 18.7 Å². The van der Waals surface area contributed by atoms with E-state index in [0.717, 1.165) is 5.56 Å². The first kappa shape index (κ1) is 16.9. The third-order valence-corrected chi connectivity index (χ3v) is 3.72. The van der Waals surface area contributed by atoms with Gasteiger partial charge >= 0.3 is 0 Å². The van der Waals surface area contributed by atoms with E-state index < -0.39 is 5.60 Å². The second-order valence-corrected chi connectivity index (χ2v) is 5.38. The second kappa shape index (κ2) is 7.70. The van der Waals surface area contributed by atoms with Crippen molar-refractivity contribution in [2.45, 2.75) is 12.5 Å². The molecule has 0 saturated carbocycles. The molecule has 0 aliphatic heterocycles. The molecule has 4 heteroatoms. The first-order valence-electron chi connectivity index (χ1n) is 7.36. The van der Waals surface area contributed by atoms with Gasteiger partial charge in [-0.2, -0.15) is 0 Å². The molecule has 0 aromatic heterocycles. The summed E-state index contributed by atoms with van der Waals surface area (Å²) in [6.07, 6.45) is 3.18. The molecular formula is C19H20FNO2. The summed E-state index contributed by atoms with van der Waals surface area (Å²) >= 11 is 0. The fraction of sp³-hybridized carbons (Fsp3) is 0.211. The number of amides is 1. The molecule has 1 atom stereocenters. The second-order valence-electron chi connectivity index (χ2n) is 5.38. The van der Waals surface area contributed by atoms with E-state index >= 15 is 0 Å². The topological polar surface area (TPSA) is 38.3 Å². The normalized spacial score (nSPS) is 13.7. The number of nitrogens with one attached hydrogen (secondary N) is 1. The van der Waals surface area contributed by atoms with E-state index in [1.54, 1.807) is 31.2 Å². The Morgan fingerprint density at radius 1 is 1.17 bits per heavy atom. The minimum absolute atomic E-state index is 0.169.